The molecule has 3 heteroatoms. The van der Waals surface area contributed by atoms with Crippen molar-refractivity contribution in [3.63, 3.8) is 0 Å². The van der Waals surface area contributed by atoms with Crippen LogP contribution >= 0.6 is 0 Å². The summed E-state index contributed by atoms with van der Waals surface area (Å²) >= 11 is 0. The SMILES string of the molecule is NO[n+]1cccc2ccccc21. The van der Waals surface area contributed by atoms with Gasteiger partial charge in [-0.2, -0.15) is 4.94 Å². The van der Waals surface area contributed by atoms with Gasteiger partial charge in [-0.1, -0.05) is 12.1 Å². The van der Waals surface area contributed by atoms with Crippen LogP contribution in [0.15, 0.2) is 42.6 Å². The highest BCUT2D eigenvalue weighted by Gasteiger charge is 2.06. The fourth-order valence-electron chi connectivity index (χ4n) is 1.23. The Morgan fingerprint density at radius 3 is 2.67 bits per heavy atom. The number of hydrogen-bond acceptors (Lipinski definition) is 2. The predicted molar refractivity (Wildman–Crippen MR) is 44.9 cm³/mol. The van der Waals surface area contributed by atoms with Gasteiger partial charge in [0.05, 0.1) is 5.39 Å². The zero-order valence-corrected chi connectivity index (χ0v) is 6.47. The molecule has 0 bridgehead atoms. The average molecular weight is 161 g/mol. The molecule has 0 amide bonds. The third-order valence-corrected chi connectivity index (χ3v) is 1.78. The van der Waals surface area contributed by atoms with Crippen LogP contribution < -0.4 is 15.6 Å². The average Bonchev–Trinajstić information content (AvgIpc) is 2.17. The van der Waals surface area contributed by atoms with Crippen molar-refractivity contribution < 1.29 is 9.67 Å². The molecule has 12 heavy (non-hydrogen) atoms. The summed E-state index contributed by atoms with van der Waals surface area (Å²) in [4.78, 5) is 4.64. The number of hydrogen-bond donors (Lipinski definition) is 1. The molecule has 0 spiro atoms. The Kier molecular flexibility index (Phi) is 1.64. The van der Waals surface area contributed by atoms with Gasteiger partial charge in [-0.15, -0.1) is 5.90 Å². The lowest BCUT2D eigenvalue weighted by Crippen LogP contribution is -2.46. The normalized spacial score (nSPS) is 10.1. The zero-order chi connectivity index (χ0) is 8.39. The first-order valence-electron chi connectivity index (χ1n) is 3.68. The molecular weight excluding hydrogens is 152 g/mol. The van der Waals surface area contributed by atoms with E-state index >= 15 is 0 Å². The monoisotopic (exact) mass is 161 g/mol. The molecule has 60 valence electrons. The Morgan fingerprint density at radius 2 is 1.83 bits per heavy atom. The summed E-state index contributed by atoms with van der Waals surface area (Å²) in [6.45, 7) is 0. The third-order valence-electron chi connectivity index (χ3n) is 1.78. The van der Waals surface area contributed by atoms with E-state index in [1.54, 1.807) is 6.20 Å². The molecule has 0 unspecified atom stereocenters. The second-order valence-electron chi connectivity index (χ2n) is 2.50. The molecule has 0 atom stereocenters. The highest BCUT2D eigenvalue weighted by molar-refractivity contribution is 5.74. The maximum Gasteiger partial charge on any atom is 0.267 e. The van der Waals surface area contributed by atoms with Crippen LogP contribution in [0.1, 0.15) is 0 Å². The Bertz CT molecular complexity index is 395. The van der Waals surface area contributed by atoms with Crippen molar-refractivity contribution in [3.05, 3.63) is 42.6 Å². The number of nitrogens with two attached hydrogens (primary N) is 1. The molecule has 0 aliphatic carbocycles. The highest BCUT2D eigenvalue weighted by Crippen LogP contribution is 2.06. The smallest absolute Gasteiger partial charge is 0.170 e. The van der Waals surface area contributed by atoms with Gasteiger partial charge in [0.25, 0.3) is 5.52 Å². The number of pyridine rings is 1. The van der Waals surface area contributed by atoms with Gasteiger partial charge in [-0.05, 0) is 12.1 Å². The van der Waals surface area contributed by atoms with E-state index in [1.165, 1.54) is 4.73 Å². The van der Waals surface area contributed by atoms with Crippen LogP contribution in [0.3, 0.4) is 0 Å². The van der Waals surface area contributed by atoms with Gasteiger partial charge >= 0.3 is 0 Å². The number of nitrogens with zero attached hydrogens (tertiary/aromatic N) is 1. The van der Waals surface area contributed by atoms with Gasteiger partial charge in [0.15, 0.2) is 0 Å². The van der Waals surface area contributed by atoms with Crippen molar-refractivity contribution in [2.75, 3.05) is 0 Å². The van der Waals surface area contributed by atoms with Gasteiger partial charge in [0.2, 0.25) is 6.20 Å². The molecule has 0 aliphatic rings. The molecular formula is C9H9N2O+. The molecule has 1 aromatic carbocycles. The lowest BCUT2D eigenvalue weighted by molar-refractivity contribution is -0.875. The summed E-state index contributed by atoms with van der Waals surface area (Å²) in [7, 11) is 0. The first-order valence-corrected chi connectivity index (χ1v) is 3.68. The first kappa shape index (κ1) is 7.06. The lowest BCUT2D eigenvalue weighted by atomic mass is 10.2. The van der Waals surface area contributed by atoms with Crippen LogP contribution in [-0.4, -0.2) is 0 Å². The molecule has 0 saturated heterocycles. The summed E-state index contributed by atoms with van der Waals surface area (Å²) < 4.78 is 1.52. The van der Waals surface area contributed by atoms with Crippen molar-refractivity contribution in [1.82, 2.24) is 0 Å². The lowest BCUT2D eigenvalue weighted by Gasteiger charge is -1.93. The summed E-state index contributed by atoms with van der Waals surface area (Å²) in [5.74, 6) is 5.08. The van der Waals surface area contributed by atoms with E-state index < -0.39 is 0 Å². The molecule has 3 nitrogen and oxygen atoms in total. The Hall–Kier alpha value is -1.61. The number of para-hydroxylation sites is 1. The summed E-state index contributed by atoms with van der Waals surface area (Å²) in [6, 6.07) is 11.8. The second-order valence-corrected chi connectivity index (χ2v) is 2.50. The Balaban J connectivity index is 2.79. The van der Waals surface area contributed by atoms with E-state index in [9.17, 15) is 0 Å². The molecule has 2 aromatic rings. The van der Waals surface area contributed by atoms with Crippen LogP contribution in [0.2, 0.25) is 0 Å². The molecule has 2 N–H and O–H groups in total. The van der Waals surface area contributed by atoms with Crippen LogP contribution in [0.5, 0.6) is 0 Å². The highest BCUT2D eigenvalue weighted by atomic mass is 16.8. The Labute approximate surface area is 69.9 Å². The van der Waals surface area contributed by atoms with Gasteiger partial charge in [-0.3, -0.25) is 0 Å². The van der Waals surface area contributed by atoms with Crippen molar-refractivity contribution in [2.45, 2.75) is 0 Å². The fraction of sp³-hybridized carbons (Fsp3) is 0. The fourth-order valence-corrected chi connectivity index (χ4v) is 1.23. The van der Waals surface area contributed by atoms with E-state index in [0.717, 1.165) is 10.9 Å². The van der Waals surface area contributed by atoms with Crippen LogP contribution in [-0.2, 0) is 0 Å². The van der Waals surface area contributed by atoms with Crippen molar-refractivity contribution in [3.8, 4) is 0 Å². The van der Waals surface area contributed by atoms with Crippen molar-refractivity contribution in [2.24, 2.45) is 5.90 Å². The van der Waals surface area contributed by atoms with Crippen LogP contribution in [0.25, 0.3) is 10.9 Å². The minimum absolute atomic E-state index is 0.961. The zero-order valence-electron chi connectivity index (χ0n) is 6.47. The van der Waals surface area contributed by atoms with E-state index in [4.69, 9.17) is 5.90 Å². The number of fused-ring (bicyclic) bond motifs is 1. The quantitative estimate of drug-likeness (QED) is 0.486. The van der Waals surface area contributed by atoms with Crippen LogP contribution in [0, 0.1) is 0 Å². The third kappa shape index (κ3) is 1.00. The Morgan fingerprint density at radius 1 is 1.08 bits per heavy atom. The van der Waals surface area contributed by atoms with Crippen LogP contribution in [0.4, 0.5) is 0 Å². The summed E-state index contributed by atoms with van der Waals surface area (Å²) in [5.41, 5.74) is 0.961. The topological polar surface area (TPSA) is 39.1 Å². The predicted octanol–water partition coefficient (Wildman–Crippen LogP) is 0.430. The maximum atomic E-state index is 5.08. The van der Waals surface area contributed by atoms with Gasteiger partial charge < -0.3 is 0 Å². The molecule has 1 aromatic heterocycles. The molecule has 1 heterocycles. The summed E-state index contributed by atoms with van der Waals surface area (Å²) in [5, 5.41) is 1.10. The summed E-state index contributed by atoms with van der Waals surface area (Å²) in [6.07, 6.45) is 1.77. The van der Waals surface area contributed by atoms with E-state index in [2.05, 4.69) is 4.94 Å². The molecule has 0 aliphatic heterocycles. The van der Waals surface area contributed by atoms with E-state index in [-0.39, 0.29) is 0 Å². The maximum absolute atomic E-state index is 5.08. The molecule has 0 fully saturated rings. The first-order chi connectivity index (χ1) is 5.92. The minimum atomic E-state index is 0.961. The number of aromatic nitrogens is 1. The van der Waals surface area contributed by atoms with Gasteiger partial charge in [0.1, 0.15) is 0 Å². The van der Waals surface area contributed by atoms with E-state index in [1.807, 2.05) is 36.4 Å². The number of benzene rings is 1. The molecule has 0 radical (unpaired) electrons. The molecule has 2 rings (SSSR count). The largest absolute Gasteiger partial charge is 0.267 e. The molecule has 0 saturated carbocycles. The standard InChI is InChI=1S/C9H9N2O/c10-12-11-7-3-5-8-4-1-2-6-9(8)11/h1-7H,10H2/q+1. The van der Waals surface area contributed by atoms with Crippen molar-refractivity contribution in [1.29, 1.82) is 0 Å². The minimum Gasteiger partial charge on any atom is -0.170 e. The van der Waals surface area contributed by atoms with E-state index in [0.29, 0.717) is 0 Å². The van der Waals surface area contributed by atoms with Gasteiger partial charge in [-0.25, -0.2) is 0 Å². The second kappa shape index (κ2) is 2.79. The number of rotatable bonds is 1. The van der Waals surface area contributed by atoms with Gasteiger partial charge in [0, 0.05) is 16.9 Å². The van der Waals surface area contributed by atoms with Crippen molar-refractivity contribution >= 4 is 10.9 Å².